The molecule has 0 aliphatic carbocycles. The van der Waals surface area contributed by atoms with Crippen LogP contribution in [0.4, 0.5) is 5.69 Å². The highest BCUT2D eigenvalue weighted by Gasteiger charge is 2.18. The molecule has 0 radical (unpaired) electrons. The SMILES string of the molecule is Cc1ccc(-n2c(SCC(=O)Nc3ccc(Br)cc3C)nnc2-c2cccc(Cl)c2)cc1. The Kier molecular flexibility index (Phi) is 6.98. The van der Waals surface area contributed by atoms with Gasteiger partial charge in [0.25, 0.3) is 0 Å². The number of hydrogen-bond donors (Lipinski definition) is 1. The van der Waals surface area contributed by atoms with Crippen LogP contribution >= 0.6 is 39.3 Å². The Balaban J connectivity index is 1.60. The van der Waals surface area contributed by atoms with Crippen LogP contribution in [0.15, 0.2) is 76.4 Å². The zero-order chi connectivity index (χ0) is 22.7. The standard InChI is InChI=1S/C24H20BrClN4OS/c1-15-6-9-20(10-7-15)30-23(17-4-3-5-19(26)13-17)28-29-24(30)32-14-22(31)27-21-11-8-18(25)12-16(21)2/h3-13H,14H2,1-2H3,(H,27,31). The third-order valence-corrected chi connectivity index (χ3v) is 6.46. The van der Waals surface area contributed by atoms with E-state index < -0.39 is 0 Å². The lowest BCUT2D eigenvalue weighted by Crippen LogP contribution is -2.15. The van der Waals surface area contributed by atoms with E-state index in [1.807, 2.05) is 85.1 Å². The molecule has 0 aliphatic rings. The van der Waals surface area contributed by atoms with Crippen LogP contribution in [0.25, 0.3) is 17.1 Å². The molecule has 0 bridgehead atoms. The predicted molar refractivity (Wildman–Crippen MR) is 135 cm³/mol. The molecule has 32 heavy (non-hydrogen) atoms. The number of hydrogen-bond acceptors (Lipinski definition) is 4. The van der Waals surface area contributed by atoms with Crippen LogP contribution in [0.3, 0.4) is 0 Å². The average molecular weight is 528 g/mol. The summed E-state index contributed by atoms with van der Waals surface area (Å²) in [4.78, 5) is 12.6. The van der Waals surface area contributed by atoms with Crippen LogP contribution in [0.5, 0.6) is 0 Å². The van der Waals surface area contributed by atoms with Gasteiger partial charge in [0.05, 0.1) is 5.75 Å². The summed E-state index contributed by atoms with van der Waals surface area (Å²) in [7, 11) is 0. The van der Waals surface area contributed by atoms with E-state index >= 15 is 0 Å². The van der Waals surface area contributed by atoms with Gasteiger partial charge in [0.15, 0.2) is 11.0 Å². The molecule has 3 aromatic carbocycles. The van der Waals surface area contributed by atoms with Gasteiger partial charge < -0.3 is 5.32 Å². The van der Waals surface area contributed by atoms with E-state index in [-0.39, 0.29) is 11.7 Å². The highest BCUT2D eigenvalue weighted by Crippen LogP contribution is 2.29. The molecular formula is C24H20BrClN4OS. The summed E-state index contributed by atoms with van der Waals surface area (Å²) in [5.74, 6) is 0.765. The number of rotatable bonds is 6. The summed E-state index contributed by atoms with van der Waals surface area (Å²) in [5, 5.41) is 13.0. The molecule has 162 valence electrons. The largest absolute Gasteiger partial charge is 0.325 e. The van der Waals surface area contributed by atoms with Gasteiger partial charge in [-0.05, 0) is 61.9 Å². The van der Waals surface area contributed by atoms with Gasteiger partial charge in [-0.1, -0.05) is 69.1 Å². The fourth-order valence-electron chi connectivity index (χ4n) is 3.19. The van der Waals surface area contributed by atoms with Crippen LogP contribution < -0.4 is 5.32 Å². The number of amides is 1. The first-order valence-electron chi connectivity index (χ1n) is 9.88. The van der Waals surface area contributed by atoms with Crippen molar-refractivity contribution >= 4 is 50.9 Å². The highest BCUT2D eigenvalue weighted by molar-refractivity contribution is 9.10. The number of benzene rings is 3. The van der Waals surface area contributed by atoms with Crippen molar-refractivity contribution in [2.45, 2.75) is 19.0 Å². The van der Waals surface area contributed by atoms with E-state index in [0.29, 0.717) is 16.0 Å². The summed E-state index contributed by atoms with van der Waals surface area (Å²) in [6, 6.07) is 21.4. The highest BCUT2D eigenvalue weighted by atomic mass is 79.9. The number of thioether (sulfide) groups is 1. The fraction of sp³-hybridized carbons (Fsp3) is 0.125. The van der Waals surface area contributed by atoms with Gasteiger partial charge in [-0.2, -0.15) is 0 Å². The van der Waals surface area contributed by atoms with Gasteiger partial charge in [-0.25, -0.2) is 0 Å². The van der Waals surface area contributed by atoms with Gasteiger partial charge in [0.2, 0.25) is 5.91 Å². The van der Waals surface area contributed by atoms with E-state index in [1.165, 1.54) is 11.8 Å². The number of aryl methyl sites for hydroxylation is 2. The second kappa shape index (κ2) is 9.90. The van der Waals surface area contributed by atoms with Crippen molar-refractivity contribution < 1.29 is 4.79 Å². The summed E-state index contributed by atoms with van der Waals surface area (Å²) in [6.45, 7) is 4.00. The summed E-state index contributed by atoms with van der Waals surface area (Å²) < 4.78 is 2.93. The van der Waals surface area contributed by atoms with Crippen molar-refractivity contribution in [1.29, 1.82) is 0 Å². The van der Waals surface area contributed by atoms with E-state index in [2.05, 4.69) is 31.4 Å². The minimum Gasteiger partial charge on any atom is -0.325 e. The van der Waals surface area contributed by atoms with Crippen molar-refractivity contribution in [3.05, 3.63) is 87.4 Å². The van der Waals surface area contributed by atoms with Gasteiger partial charge in [0.1, 0.15) is 0 Å². The number of nitrogens with one attached hydrogen (secondary N) is 1. The number of aromatic nitrogens is 3. The Hall–Kier alpha value is -2.61. The Bertz CT molecular complexity index is 1270. The number of nitrogens with zero attached hydrogens (tertiary/aromatic N) is 3. The first-order chi connectivity index (χ1) is 15.4. The van der Waals surface area contributed by atoms with Crippen LogP contribution in [-0.4, -0.2) is 26.4 Å². The van der Waals surface area contributed by atoms with Crippen LogP contribution in [0, 0.1) is 13.8 Å². The molecule has 1 aromatic heterocycles. The van der Waals surface area contributed by atoms with Gasteiger partial charge in [-0.3, -0.25) is 9.36 Å². The molecular weight excluding hydrogens is 508 g/mol. The molecule has 4 rings (SSSR count). The van der Waals surface area contributed by atoms with Gasteiger partial charge in [0, 0.05) is 26.4 Å². The molecule has 0 aliphatic heterocycles. The molecule has 0 spiro atoms. The van der Waals surface area contributed by atoms with Crippen LogP contribution in [0.2, 0.25) is 5.02 Å². The molecule has 0 saturated carbocycles. The smallest absolute Gasteiger partial charge is 0.234 e. The molecule has 1 amide bonds. The molecule has 0 unspecified atom stereocenters. The molecule has 0 saturated heterocycles. The van der Waals surface area contributed by atoms with Crippen LogP contribution in [-0.2, 0) is 4.79 Å². The predicted octanol–water partition coefficient (Wildman–Crippen LogP) is 6.70. The summed E-state index contributed by atoms with van der Waals surface area (Å²) in [5.41, 5.74) is 4.71. The third kappa shape index (κ3) is 5.23. The molecule has 5 nitrogen and oxygen atoms in total. The minimum atomic E-state index is -0.108. The monoisotopic (exact) mass is 526 g/mol. The first-order valence-corrected chi connectivity index (χ1v) is 12.0. The lowest BCUT2D eigenvalue weighted by atomic mass is 10.2. The van der Waals surface area contributed by atoms with Crippen molar-refractivity contribution in [3.63, 3.8) is 0 Å². The van der Waals surface area contributed by atoms with Crippen molar-refractivity contribution in [2.75, 3.05) is 11.1 Å². The Labute approximate surface area is 204 Å². The summed E-state index contributed by atoms with van der Waals surface area (Å²) in [6.07, 6.45) is 0. The topological polar surface area (TPSA) is 59.8 Å². The molecule has 0 fully saturated rings. The van der Waals surface area contributed by atoms with E-state index in [4.69, 9.17) is 11.6 Å². The van der Waals surface area contributed by atoms with Crippen molar-refractivity contribution in [1.82, 2.24) is 14.8 Å². The van der Waals surface area contributed by atoms with Crippen molar-refractivity contribution in [3.8, 4) is 17.1 Å². The molecule has 8 heteroatoms. The second-order valence-electron chi connectivity index (χ2n) is 7.28. The Morgan fingerprint density at radius 1 is 1.06 bits per heavy atom. The molecule has 0 atom stereocenters. The maximum Gasteiger partial charge on any atom is 0.234 e. The first kappa shape index (κ1) is 22.6. The van der Waals surface area contributed by atoms with Gasteiger partial charge in [-0.15, -0.1) is 10.2 Å². The normalized spacial score (nSPS) is 10.9. The van der Waals surface area contributed by atoms with Crippen molar-refractivity contribution in [2.24, 2.45) is 0 Å². The molecule has 1 heterocycles. The van der Waals surface area contributed by atoms with Crippen LogP contribution in [0.1, 0.15) is 11.1 Å². The zero-order valence-corrected chi connectivity index (χ0v) is 20.6. The van der Waals surface area contributed by atoms with E-state index in [1.54, 1.807) is 0 Å². The quantitative estimate of drug-likeness (QED) is 0.284. The second-order valence-corrected chi connectivity index (χ2v) is 9.58. The van der Waals surface area contributed by atoms with Gasteiger partial charge >= 0.3 is 0 Å². The lowest BCUT2D eigenvalue weighted by Gasteiger charge is -2.12. The Morgan fingerprint density at radius 3 is 2.56 bits per heavy atom. The fourth-order valence-corrected chi connectivity index (χ4v) is 4.61. The summed E-state index contributed by atoms with van der Waals surface area (Å²) >= 11 is 11.0. The number of carbonyl (C=O) groups excluding carboxylic acids is 1. The molecule has 1 N–H and O–H groups in total. The van der Waals surface area contributed by atoms with E-state index in [9.17, 15) is 4.79 Å². The number of halogens is 2. The third-order valence-electron chi connectivity index (χ3n) is 4.80. The number of anilines is 1. The Morgan fingerprint density at radius 2 is 1.84 bits per heavy atom. The maximum atomic E-state index is 12.6. The number of carbonyl (C=O) groups is 1. The molecule has 4 aromatic rings. The maximum absolute atomic E-state index is 12.6. The average Bonchev–Trinajstić information content (AvgIpc) is 3.19. The lowest BCUT2D eigenvalue weighted by molar-refractivity contribution is -0.113. The zero-order valence-electron chi connectivity index (χ0n) is 17.5. The minimum absolute atomic E-state index is 0.108. The van der Waals surface area contributed by atoms with E-state index in [0.717, 1.165) is 32.5 Å².